The Hall–Kier alpha value is 0.350. The molecule has 0 aliphatic rings. The van der Waals surface area contributed by atoms with E-state index in [0.29, 0.717) is 5.41 Å². The molecule has 0 fully saturated rings. The fraction of sp³-hybridized carbons (Fsp3) is 1.00. The molecule has 12 heavy (non-hydrogen) atoms. The van der Waals surface area contributed by atoms with E-state index in [0.717, 1.165) is 10.9 Å². The molecule has 0 nitrogen and oxygen atoms in total. The second-order valence-electron chi connectivity index (χ2n) is 4.56. The highest BCUT2D eigenvalue weighted by Crippen LogP contribution is 2.21. The number of hydrogen-bond donors (Lipinski definition) is 0. The van der Waals surface area contributed by atoms with Crippen LogP contribution in [0.4, 0.5) is 0 Å². The van der Waals surface area contributed by atoms with Gasteiger partial charge >= 0.3 is 0 Å². The zero-order chi connectivity index (χ0) is 9.61. The molecule has 0 bridgehead atoms. The van der Waals surface area contributed by atoms with E-state index in [9.17, 15) is 0 Å². The minimum atomic E-state index is 0.538. The normalized spacial score (nSPS) is 12.5. The van der Waals surface area contributed by atoms with Crippen LogP contribution in [0.1, 0.15) is 47.5 Å². The van der Waals surface area contributed by atoms with Crippen LogP contribution in [-0.2, 0) is 10.9 Å². The molecule has 0 heterocycles. The monoisotopic (exact) mass is 189 g/mol. The van der Waals surface area contributed by atoms with Crippen molar-refractivity contribution in [2.45, 2.75) is 47.5 Å². The molecule has 0 spiro atoms. The molecule has 0 unspecified atom stereocenters. The Labute approximate surface area is 81.5 Å². The van der Waals surface area contributed by atoms with Gasteiger partial charge in [0.15, 0.2) is 0 Å². The molecule has 1 heteroatoms. The van der Waals surface area contributed by atoms with Crippen LogP contribution in [0.5, 0.6) is 0 Å². The summed E-state index contributed by atoms with van der Waals surface area (Å²) in [6.45, 7) is 11.7. The number of rotatable bonds is 5. The van der Waals surface area contributed by atoms with Crippen molar-refractivity contribution in [3.63, 3.8) is 0 Å². The van der Waals surface area contributed by atoms with Crippen molar-refractivity contribution >= 4 is 10.9 Å². The fourth-order valence-electron chi connectivity index (χ4n) is 1.30. The summed E-state index contributed by atoms with van der Waals surface area (Å²) in [4.78, 5) is 0. The predicted molar refractivity (Wildman–Crippen MR) is 62.0 cm³/mol. The minimum absolute atomic E-state index is 0.538. The van der Waals surface area contributed by atoms with Gasteiger partial charge in [0, 0.05) is 0 Å². The van der Waals surface area contributed by atoms with Crippen LogP contribution >= 0.6 is 0 Å². The maximum absolute atomic E-state index is 2.34. The lowest BCUT2D eigenvalue weighted by molar-refractivity contribution is 0.374. The van der Waals surface area contributed by atoms with E-state index < -0.39 is 0 Å². The standard InChI is InChI=1S/C11H25S/c1-6-12(7-2)10-8-9-11(3,4)5/h6-10H2,1-5H3/q+1. The summed E-state index contributed by atoms with van der Waals surface area (Å²) in [5.41, 5.74) is 0.538. The van der Waals surface area contributed by atoms with Gasteiger partial charge in [0.05, 0.1) is 0 Å². The molecule has 0 aromatic rings. The summed E-state index contributed by atoms with van der Waals surface area (Å²) < 4.78 is 0. The third-order valence-corrected chi connectivity index (χ3v) is 4.68. The van der Waals surface area contributed by atoms with Crippen molar-refractivity contribution < 1.29 is 0 Å². The lowest BCUT2D eigenvalue weighted by atomic mass is 9.91. The maximum Gasteiger partial charge on any atom is 0.108 e. The third-order valence-electron chi connectivity index (χ3n) is 2.18. The van der Waals surface area contributed by atoms with Crippen molar-refractivity contribution in [1.29, 1.82) is 0 Å². The lowest BCUT2D eigenvalue weighted by Crippen LogP contribution is -2.15. The van der Waals surface area contributed by atoms with E-state index in [1.54, 1.807) is 0 Å². The van der Waals surface area contributed by atoms with Gasteiger partial charge in [-0.15, -0.1) is 0 Å². The SMILES string of the molecule is CC[S+](CC)CCCC(C)(C)C. The van der Waals surface area contributed by atoms with Crippen molar-refractivity contribution in [2.24, 2.45) is 5.41 Å². The highest BCUT2D eigenvalue weighted by Gasteiger charge is 2.15. The quantitative estimate of drug-likeness (QED) is 0.581. The average Bonchev–Trinajstić information content (AvgIpc) is 1.96. The van der Waals surface area contributed by atoms with Crippen molar-refractivity contribution in [3.05, 3.63) is 0 Å². The molecule has 0 rings (SSSR count). The van der Waals surface area contributed by atoms with Gasteiger partial charge in [-0.2, -0.15) is 0 Å². The Kier molecular flexibility index (Phi) is 6.08. The van der Waals surface area contributed by atoms with Gasteiger partial charge in [-0.1, -0.05) is 20.8 Å². The molecule has 0 aromatic carbocycles. The summed E-state index contributed by atoms with van der Waals surface area (Å²) in [6, 6.07) is 0. The van der Waals surface area contributed by atoms with Gasteiger partial charge in [-0.3, -0.25) is 0 Å². The predicted octanol–water partition coefficient (Wildman–Crippen LogP) is 3.47. The Balaban J connectivity index is 3.41. The summed E-state index contributed by atoms with van der Waals surface area (Å²) >= 11 is 0. The molecule has 0 radical (unpaired) electrons. The molecular formula is C11H25S+. The van der Waals surface area contributed by atoms with E-state index in [1.165, 1.54) is 30.1 Å². The highest BCUT2D eigenvalue weighted by molar-refractivity contribution is 7.96. The van der Waals surface area contributed by atoms with Gasteiger partial charge < -0.3 is 0 Å². The van der Waals surface area contributed by atoms with Crippen LogP contribution in [0, 0.1) is 5.41 Å². The first-order chi connectivity index (χ1) is 5.49. The first-order valence-corrected chi connectivity index (χ1v) is 6.87. The average molecular weight is 189 g/mol. The molecular weight excluding hydrogens is 164 g/mol. The van der Waals surface area contributed by atoms with Gasteiger partial charge in [-0.25, -0.2) is 0 Å². The number of hydrogen-bond acceptors (Lipinski definition) is 0. The smallest absolute Gasteiger partial charge is 0.0602 e. The first-order valence-electron chi connectivity index (χ1n) is 5.13. The van der Waals surface area contributed by atoms with Crippen molar-refractivity contribution in [2.75, 3.05) is 17.3 Å². The molecule has 0 aliphatic heterocycles. The van der Waals surface area contributed by atoms with E-state index in [1.807, 2.05) is 0 Å². The summed E-state index contributed by atoms with van der Waals surface area (Å²) in [6.07, 6.45) is 2.81. The summed E-state index contributed by atoms with van der Waals surface area (Å²) in [5, 5.41) is 0. The van der Waals surface area contributed by atoms with Crippen molar-refractivity contribution in [3.8, 4) is 0 Å². The van der Waals surface area contributed by atoms with E-state index in [4.69, 9.17) is 0 Å². The van der Waals surface area contributed by atoms with Crippen LogP contribution in [-0.4, -0.2) is 17.3 Å². The summed E-state index contributed by atoms with van der Waals surface area (Å²) in [7, 11) is 0.727. The van der Waals surface area contributed by atoms with Crippen LogP contribution in [0.3, 0.4) is 0 Å². The Morgan fingerprint density at radius 1 is 1.00 bits per heavy atom. The minimum Gasteiger partial charge on any atom is -0.0602 e. The highest BCUT2D eigenvalue weighted by atomic mass is 32.2. The van der Waals surface area contributed by atoms with Gasteiger partial charge in [0.2, 0.25) is 0 Å². The lowest BCUT2D eigenvalue weighted by Gasteiger charge is -2.17. The van der Waals surface area contributed by atoms with Crippen molar-refractivity contribution in [1.82, 2.24) is 0 Å². The molecule has 0 saturated heterocycles. The van der Waals surface area contributed by atoms with E-state index >= 15 is 0 Å². The van der Waals surface area contributed by atoms with E-state index in [-0.39, 0.29) is 0 Å². The molecule has 0 saturated carbocycles. The molecule has 0 aliphatic carbocycles. The third kappa shape index (κ3) is 7.02. The maximum atomic E-state index is 2.34. The molecule has 0 amide bonds. The molecule has 0 atom stereocenters. The molecule has 74 valence electrons. The second kappa shape index (κ2) is 5.90. The summed E-state index contributed by atoms with van der Waals surface area (Å²) in [5.74, 6) is 4.24. The van der Waals surface area contributed by atoms with Crippen LogP contribution in [0.2, 0.25) is 0 Å². The fourth-order valence-corrected chi connectivity index (χ4v) is 2.84. The topological polar surface area (TPSA) is 0 Å². The first kappa shape index (κ1) is 12.3. The van der Waals surface area contributed by atoms with E-state index in [2.05, 4.69) is 34.6 Å². The second-order valence-corrected chi connectivity index (χ2v) is 7.35. The van der Waals surface area contributed by atoms with Crippen LogP contribution in [0.25, 0.3) is 0 Å². The van der Waals surface area contributed by atoms with Crippen LogP contribution in [0.15, 0.2) is 0 Å². The Morgan fingerprint density at radius 3 is 1.83 bits per heavy atom. The molecule has 0 aromatic heterocycles. The zero-order valence-corrected chi connectivity index (χ0v) is 10.3. The van der Waals surface area contributed by atoms with Gasteiger partial charge in [0.25, 0.3) is 0 Å². The van der Waals surface area contributed by atoms with Gasteiger partial charge in [-0.05, 0) is 43.0 Å². The van der Waals surface area contributed by atoms with Gasteiger partial charge in [0.1, 0.15) is 17.3 Å². The Morgan fingerprint density at radius 2 is 1.50 bits per heavy atom. The molecule has 0 N–H and O–H groups in total. The van der Waals surface area contributed by atoms with Crippen LogP contribution < -0.4 is 0 Å². The largest absolute Gasteiger partial charge is 0.108 e. The Bertz CT molecular complexity index is 98.1. The zero-order valence-electron chi connectivity index (χ0n) is 9.44.